The van der Waals surface area contributed by atoms with Crippen molar-refractivity contribution in [2.75, 3.05) is 0 Å². The van der Waals surface area contributed by atoms with E-state index in [0.29, 0.717) is 5.39 Å². The molecule has 4 nitrogen and oxygen atoms in total. The van der Waals surface area contributed by atoms with Crippen molar-refractivity contribution >= 4 is 45.5 Å². The molecule has 0 saturated heterocycles. The first-order valence-corrected chi connectivity index (χ1v) is 6.03. The summed E-state index contributed by atoms with van der Waals surface area (Å²) in [6.07, 6.45) is 0. The molecule has 92 valence electrons. The van der Waals surface area contributed by atoms with E-state index < -0.39 is 5.97 Å². The quantitative estimate of drug-likeness (QED) is 0.676. The molecule has 0 bridgehead atoms. The molecule has 0 spiro atoms. The van der Waals surface area contributed by atoms with Crippen molar-refractivity contribution in [1.82, 2.24) is 0 Å². The second-order valence-electron chi connectivity index (χ2n) is 3.79. The Balaban J connectivity index is 2.96. The van der Waals surface area contributed by atoms with Gasteiger partial charge in [0.2, 0.25) is 0 Å². The molecule has 0 amide bonds. The first-order valence-electron chi connectivity index (χ1n) is 5.14. The van der Waals surface area contributed by atoms with E-state index in [0.717, 1.165) is 5.39 Å². The maximum absolute atomic E-state index is 11.6. The number of carboxylic acid groups (broad SMARTS) is 1. The van der Waals surface area contributed by atoms with Gasteiger partial charge in [-0.1, -0.05) is 24.3 Å². The Hall–Kier alpha value is -1.63. The van der Waals surface area contributed by atoms with Crippen LogP contribution in [0.3, 0.4) is 0 Å². The Kier molecular flexibility index (Phi) is 3.51. The topological polar surface area (TPSA) is 63.6 Å². The van der Waals surface area contributed by atoms with Crippen LogP contribution in [0.5, 0.6) is 5.75 Å². The van der Waals surface area contributed by atoms with Crippen molar-refractivity contribution in [3.05, 3.63) is 41.5 Å². The predicted molar refractivity (Wildman–Crippen MR) is 75.6 cm³/mol. The van der Waals surface area contributed by atoms with E-state index in [9.17, 15) is 14.7 Å². The van der Waals surface area contributed by atoms with Gasteiger partial charge in [0.25, 0.3) is 0 Å². The fraction of sp³-hybridized carbons (Fsp3) is 0.0769. The van der Waals surface area contributed by atoms with E-state index in [1.54, 1.807) is 41.2 Å². The number of Topliss-reactive ketones (excluding diaryl/α,β-unsaturated/α-hetero) is 1. The van der Waals surface area contributed by atoms with E-state index in [4.69, 9.17) is 3.07 Å². The molecular formula is C13H9IO4. The van der Waals surface area contributed by atoms with E-state index in [-0.39, 0.29) is 22.7 Å². The SMILES string of the molecule is CC(=O)c1cc2ccccc2c(OI)c1C(=O)O. The Labute approximate surface area is 117 Å². The van der Waals surface area contributed by atoms with Crippen molar-refractivity contribution < 1.29 is 17.8 Å². The maximum atomic E-state index is 11.6. The summed E-state index contributed by atoms with van der Waals surface area (Å²) in [6, 6.07) is 8.77. The smallest absolute Gasteiger partial charge is 0.340 e. The van der Waals surface area contributed by atoms with Crippen LogP contribution in [0.1, 0.15) is 27.6 Å². The predicted octanol–water partition coefficient (Wildman–Crippen LogP) is 3.47. The van der Waals surface area contributed by atoms with Gasteiger partial charge >= 0.3 is 5.97 Å². The molecule has 2 aromatic carbocycles. The zero-order valence-electron chi connectivity index (χ0n) is 9.44. The van der Waals surface area contributed by atoms with Crippen LogP contribution in [0.4, 0.5) is 0 Å². The Morgan fingerprint density at radius 3 is 2.50 bits per heavy atom. The molecule has 0 aliphatic carbocycles. The molecule has 1 N–H and O–H groups in total. The summed E-state index contributed by atoms with van der Waals surface area (Å²) < 4.78 is 5.15. The van der Waals surface area contributed by atoms with Crippen molar-refractivity contribution in [2.24, 2.45) is 0 Å². The van der Waals surface area contributed by atoms with Crippen LogP contribution in [0.25, 0.3) is 10.8 Å². The summed E-state index contributed by atoms with van der Waals surface area (Å²) in [5.74, 6) is -1.25. The summed E-state index contributed by atoms with van der Waals surface area (Å²) in [7, 11) is 0. The van der Waals surface area contributed by atoms with Crippen molar-refractivity contribution in [1.29, 1.82) is 0 Å². The van der Waals surface area contributed by atoms with Gasteiger partial charge in [-0.05, 0) is 18.4 Å². The normalized spacial score (nSPS) is 10.3. The van der Waals surface area contributed by atoms with Gasteiger partial charge in [0.05, 0.1) is 0 Å². The van der Waals surface area contributed by atoms with E-state index in [1.807, 2.05) is 12.1 Å². The van der Waals surface area contributed by atoms with Crippen LogP contribution < -0.4 is 3.07 Å². The number of ketones is 1. The molecule has 0 atom stereocenters. The van der Waals surface area contributed by atoms with Gasteiger partial charge in [-0.3, -0.25) is 4.79 Å². The van der Waals surface area contributed by atoms with Gasteiger partial charge in [0, 0.05) is 10.9 Å². The largest absolute Gasteiger partial charge is 0.478 e. The average molecular weight is 356 g/mol. The molecule has 0 unspecified atom stereocenters. The number of carbonyl (C=O) groups excluding carboxylic acids is 1. The number of fused-ring (bicyclic) bond motifs is 1. The third-order valence-corrected chi connectivity index (χ3v) is 3.11. The lowest BCUT2D eigenvalue weighted by Crippen LogP contribution is -2.08. The van der Waals surface area contributed by atoms with Crippen LogP contribution >= 0.6 is 23.0 Å². The number of hydrogen-bond acceptors (Lipinski definition) is 3. The van der Waals surface area contributed by atoms with Gasteiger partial charge in [-0.15, -0.1) is 0 Å². The molecule has 0 aromatic heterocycles. The molecule has 18 heavy (non-hydrogen) atoms. The van der Waals surface area contributed by atoms with E-state index in [2.05, 4.69) is 0 Å². The number of halogens is 1. The third kappa shape index (κ3) is 2.05. The molecule has 0 aliphatic rings. The fourth-order valence-corrected chi connectivity index (χ4v) is 2.34. The highest BCUT2D eigenvalue weighted by Gasteiger charge is 2.22. The minimum absolute atomic E-state index is 0.0874. The second kappa shape index (κ2) is 4.93. The molecule has 0 aliphatic heterocycles. The highest BCUT2D eigenvalue weighted by atomic mass is 127. The lowest BCUT2D eigenvalue weighted by Gasteiger charge is -2.11. The van der Waals surface area contributed by atoms with Crippen molar-refractivity contribution in [3.8, 4) is 5.75 Å². The van der Waals surface area contributed by atoms with E-state index >= 15 is 0 Å². The van der Waals surface area contributed by atoms with Crippen LogP contribution in [0.2, 0.25) is 0 Å². The first-order chi connectivity index (χ1) is 8.56. The monoisotopic (exact) mass is 356 g/mol. The zero-order chi connectivity index (χ0) is 13.3. The molecule has 0 radical (unpaired) electrons. The van der Waals surface area contributed by atoms with Crippen molar-refractivity contribution in [3.63, 3.8) is 0 Å². The summed E-state index contributed by atoms with van der Waals surface area (Å²) in [5, 5.41) is 10.7. The van der Waals surface area contributed by atoms with Crippen LogP contribution in [-0.4, -0.2) is 16.9 Å². The van der Waals surface area contributed by atoms with Gasteiger partial charge < -0.3 is 8.17 Å². The summed E-state index contributed by atoms with van der Waals surface area (Å²) in [5.41, 5.74) is 0.0727. The summed E-state index contributed by atoms with van der Waals surface area (Å²) in [4.78, 5) is 22.9. The molecule has 0 saturated carbocycles. The lowest BCUT2D eigenvalue weighted by molar-refractivity contribution is 0.0691. The maximum Gasteiger partial charge on any atom is 0.340 e. The fourth-order valence-electron chi connectivity index (χ4n) is 1.88. The van der Waals surface area contributed by atoms with Crippen LogP contribution in [0, 0.1) is 0 Å². The molecule has 0 heterocycles. The van der Waals surface area contributed by atoms with Crippen molar-refractivity contribution in [2.45, 2.75) is 6.92 Å². The molecule has 2 aromatic rings. The third-order valence-electron chi connectivity index (χ3n) is 2.67. The number of aromatic carboxylic acids is 1. The number of benzene rings is 2. The number of hydrogen-bond donors (Lipinski definition) is 1. The molecule has 5 heteroatoms. The Morgan fingerprint density at radius 2 is 1.94 bits per heavy atom. The average Bonchev–Trinajstić information content (AvgIpc) is 2.35. The standard InChI is InChI=1S/C13H9IO4/c1-7(15)10-6-8-4-2-3-5-9(8)12(18-14)11(10)13(16)17/h2-6H,1H3,(H,16,17). The van der Waals surface area contributed by atoms with Gasteiger partial charge in [0.15, 0.2) is 34.5 Å². The van der Waals surface area contributed by atoms with Gasteiger partial charge in [0.1, 0.15) is 5.56 Å². The summed E-state index contributed by atoms with van der Waals surface area (Å²) in [6.45, 7) is 1.34. The zero-order valence-corrected chi connectivity index (χ0v) is 11.6. The van der Waals surface area contributed by atoms with Crippen LogP contribution in [-0.2, 0) is 0 Å². The highest BCUT2D eigenvalue weighted by Crippen LogP contribution is 2.34. The minimum atomic E-state index is -1.17. The number of carboxylic acids is 1. The van der Waals surface area contributed by atoms with E-state index in [1.165, 1.54) is 6.92 Å². The Morgan fingerprint density at radius 1 is 1.28 bits per heavy atom. The Bertz CT molecular complexity index is 649. The first kappa shape index (κ1) is 12.8. The number of rotatable bonds is 3. The highest BCUT2D eigenvalue weighted by molar-refractivity contribution is 14.1. The van der Waals surface area contributed by atoms with Gasteiger partial charge in [-0.25, -0.2) is 4.79 Å². The molecule has 2 rings (SSSR count). The minimum Gasteiger partial charge on any atom is -0.478 e. The lowest BCUT2D eigenvalue weighted by atomic mass is 9.97. The van der Waals surface area contributed by atoms with Gasteiger partial charge in [-0.2, -0.15) is 0 Å². The summed E-state index contributed by atoms with van der Waals surface area (Å²) >= 11 is 1.63. The molecular weight excluding hydrogens is 347 g/mol. The van der Waals surface area contributed by atoms with Crippen LogP contribution in [0.15, 0.2) is 30.3 Å². The number of carbonyl (C=O) groups is 2. The second-order valence-corrected chi connectivity index (χ2v) is 4.23. The molecule has 0 fully saturated rings.